The van der Waals surface area contributed by atoms with Crippen LogP contribution in [0.3, 0.4) is 0 Å². The number of alkyl halides is 3. The van der Waals surface area contributed by atoms with Crippen LogP contribution in [0.15, 0.2) is 12.1 Å². The summed E-state index contributed by atoms with van der Waals surface area (Å²) in [4.78, 5) is 12.7. The second-order valence-corrected chi connectivity index (χ2v) is 6.86. The largest absolute Gasteiger partial charge is 0.471 e. The molecule has 1 aliphatic heterocycles. The Balaban J connectivity index is 2.06. The van der Waals surface area contributed by atoms with E-state index in [1.165, 1.54) is 0 Å². The van der Waals surface area contributed by atoms with E-state index in [9.17, 15) is 18.0 Å². The minimum Gasteiger partial charge on any atom is -0.397 e. The highest BCUT2D eigenvalue weighted by Crippen LogP contribution is 2.50. The van der Waals surface area contributed by atoms with E-state index in [0.29, 0.717) is 24.2 Å². The summed E-state index contributed by atoms with van der Waals surface area (Å²) in [6.45, 7) is 4.05. The average molecular weight is 327 g/mol. The molecule has 1 saturated heterocycles. The van der Waals surface area contributed by atoms with Gasteiger partial charge in [0.1, 0.15) is 0 Å². The molecule has 0 radical (unpaired) electrons. The van der Waals surface area contributed by atoms with Crippen LogP contribution >= 0.6 is 0 Å². The number of nitrogen functional groups attached to an aromatic ring is 2. The highest BCUT2D eigenvalue weighted by Gasteiger charge is 2.54. The quantitative estimate of drug-likeness (QED) is 0.719. The van der Waals surface area contributed by atoms with E-state index in [-0.39, 0.29) is 17.9 Å². The van der Waals surface area contributed by atoms with Gasteiger partial charge in [-0.3, -0.25) is 4.79 Å². The number of fused-ring (bicyclic) bond motifs is 4. The van der Waals surface area contributed by atoms with Gasteiger partial charge in [-0.25, -0.2) is 0 Å². The van der Waals surface area contributed by atoms with E-state index in [4.69, 9.17) is 11.5 Å². The number of carbonyl (C=O) groups excluding carboxylic acids is 1. The van der Waals surface area contributed by atoms with Crippen LogP contribution in [0.1, 0.15) is 31.4 Å². The van der Waals surface area contributed by atoms with Gasteiger partial charge >= 0.3 is 12.1 Å². The molecule has 1 fully saturated rings. The fourth-order valence-corrected chi connectivity index (χ4v) is 4.13. The zero-order valence-electron chi connectivity index (χ0n) is 13.1. The second-order valence-electron chi connectivity index (χ2n) is 6.86. The van der Waals surface area contributed by atoms with Gasteiger partial charge in [-0.2, -0.15) is 13.2 Å². The number of hydrogen-bond donors (Lipinski definition) is 2. The van der Waals surface area contributed by atoms with Crippen molar-refractivity contribution in [1.29, 1.82) is 0 Å². The van der Waals surface area contributed by atoms with Crippen LogP contribution in [0.2, 0.25) is 0 Å². The molecule has 0 unspecified atom stereocenters. The van der Waals surface area contributed by atoms with E-state index < -0.39 is 18.1 Å². The molecule has 23 heavy (non-hydrogen) atoms. The van der Waals surface area contributed by atoms with Gasteiger partial charge in [0, 0.05) is 12.6 Å². The molecule has 1 amide bonds. The molecule has 0 spiro atoms. The number of hydrogen-bond acceptors (Lipinski definition) is 3. The van der Waals surface area contributed by atoms with Gasteiger partial charge in [0.05, 0.1) is 11.4 Å². The summed E-state index contributed by atoms with van der Waals surface area (Å²) in [5.41, 5.74) is 14.3. The Morgan fingerprint density at radius 2 is 1.91 bits per heavy atom. The van der Waals surface area contributed by atoms with Crippen molar-refractivity contribution in [3.05, 3.63) is 23.3 Å². The van der Waals surface area contributed by atoms with Gasteiger partial charge in [0.25, 0.3) is 0 Å². The van der Waals surface area contributed by atoms with Gasteiger partial charge in [-0.05, 0) is 47.4 Å². The molecule has 0 saturated carbocycles. The van der Waals surface area contributed by atoms with Gasteiger partial charge < -0.3 is 16.4 Å². The molecule has 4 N–H and O–H groups in total. The molecule has 3 atom stereocenters. The Hall–Kier alpha value is -1.92. The summed E-state index contributed by atoms with van der Waals surface area (Å²) >= 11 is 0. The van der Waals surface area contributed by atoms with Crippen molar-refractivity contribution in [2.24, 2.45) is 5.92 Å². The van der Waals surface area contributed by atoms with E-state index >= 15 is 0 Å². The van der Waals surface area contributed by atoms with Crippen LogP contribution in [0.5, 0.6) is 0 Å². The monoisotopic (exact) mass is 327 g/mol. The Morgan fingerprint density at radius 1 is 1.30 bits per heavy atom. The number of likely N-dealkylation sites (tertiary alicyclic amines) is 1. The number of amides is 1. The minimum atomic E-state index is -4.84. The lowest BCUT2D eigenvalue weighted by Crippen LogP contribution is -2.61. The first-order valence-corrected chi connectivity index (χ1v) is 7.62. The third kappa shape index (κ3) is 2.24. The minimum absolute atomic E-state index is 0.0851. The standard InChI is InChI=1S/C16H20F3N3O/c1-8-13-6-9-5-11(20)12(21)7-10(9)15(8,2)3-4-22(13)14(23)16(17,18)19/h5,7-8,13H,3-4,6,20-21H2,1-2H3/t8-,13-,15-/m1/s1. The van der Waals surface area contributed by atoms with E-state index in [1.54, 1.807) is 6.07 Å². The Bertz CT molecular complexity index is 673. The predicted molar refractivity (Wildman–Crippen MR) is 81.7 cm³/mol. The summed E-state index contributed by atoms with van der Waals surface area (Å²) < 4.78 is 38.6. The first-order valence-electron chi connectivity index (χ1n) is 7.62. The molecular formula is C16H20F3N3O. The smallest absolute Gasteiger partial charge is 0.397 e. The number of benzene rings is 1. The number of anilines is 2. The molecule has 1 aromatic rings. The Labute approximate surface area is 132 Å². The van der Waals surface area contributed by atoms with Crippen molar-refractivity contribution in [2.75, 3.05) is 18.0 Å². The van der Waals surface area contributed by atoms with Gasteiger partial charge in [-0.1, -0.05) is 13.8 Å². The average Bonchev–Trinajstić information content (AvgIpc) is 2.44. The van der Waals surface area contributed by atoms with Crippen molar-refractivity contribution in [3.8, 4) is 0 Å². The maximum atomic E-state index is 12.9. The molecule has 7 heteroatoms. The van der Waals surface area contributed by atoms with Gasteiger partial charge in [0.15, 0.2) is 0 Å². The maximum Gasteiger partial charge on any atom is 0.471 e. The normalized spacial score (nSPS) is 30.0. The Morgan fingerprint density at radius 3 is 2.52 bits per heavy atom. The SMILES string of the molecule is C[C@@H]1[C@H]2Cc3cc(N)c(N)cc3[C@]1(C)CCN2C(=O)C(F)(F)F. The van der Waals surface area contributed by atoms with Crippen LogP contribution in [-0.2, 0) is 16.6 Å². The molecule has 1 aliphatic carbocycles. The lowest BCUT2D eigenvalue weighted by Gasteiger charge is -2.54. The fourth-order valence-electron chi connectivity index (χ4n) is 4.13. The molecule has 4 nitrogen and oxygen atoms in total. The van der Waals surface area contributed by atoms with E-state index in [1.807, 2.05) is 19.9 Å². The number of halogens is 3. The third-order valence-corrected chi connectivity index (χ3v) is 5.71. The van der Waals surface area contributed by atoms with Crippen LogP contribution in [0, 0.1) is 5.92 Å². The third-order valence-electron chi connectivity index (χ3n) is 5.71. The number of carbonyl (C=O) groups is 1. The number of rotatable bonds is 0. The summed E-state index contributed by atoms with van der Waals surface area (Å²) in [6, 6.07) is 3.11. The summed E-state index contributed by atoms with van der Waals surface area (Å²) in [6.07, 6.45) is -3.99. The molecule has 126 valence electrons. The molecule has 2 bridgehead atoms. The van der Waals surface area contributed by atoms with E-state index in [2.05, 4.69) is 0 Å². The number of nitrogens with two attached hydrogens (primary N) is 2. The highest BCUT2D eigenvalue weighted by molar-refractivity contribution is 5.82. The molecule has 3 rings (SSSR count). The van der Waals surface area contributed by atoms with Crippen molar-refractivity contribution >= 4 is 17.3 Å². The number of piperidine rings is 1. The van der Waals surface area contributed by atoms with Crippen molar-refractivity contribution in [3.63, 3.8) is 0 Å². The van der Waals surface area contributed by atoms with Crippen LogP contribution in [0.4, 0.5) is 24.5 Å². The zero-order chi connectivity index (χ0) is 17.2. The van der Waals surface area contributed by atoms with Crippen LogP contribution < -0.4 is 11.5 Å². The Kier molecular flexibility index (Phi) is 3.32. The van der Waals surface area contributed by atoms with Crippen molar-refractivity contribution in [1.82, 2.24) is 4.90 Å². The fraction of sp³-hybridized carbons (Fsp3) is 0.562. The summed E-state index contributed by atoms with van der Waals surface area (Å²) in [5, 5.41) is 0. The molecule has 0 aromatic heterocycles. The first-order chi connectivity index (χ1) is 10.6. The lowest BCUT2D eigenvalue weighted by molar-refractivity contribution is -0.192. The molecule has 1 heterocycles. The number of nitrogens with zero attached hydrogens (tertiary/aromatic N) is 1. The summed E-state index contributed by atoms with van der Waals surface area (Å²) in [7, 11) is 0. The van der Waals surface area contributed by atoms with Crippen LogP contribution in [-0.4, -0.2) is 29.6 Å². The molecular weight excluding hydrogens is 307 g/mol. The predicted octanol–water partition coefficient (Wildman–Crippen LogP) is 2.46. The topological polar surface area (TPSA) is 72.3 Å². The van der Waals surface area contributed by atoms with Gasteiger partial charge in [-0.15, -0.1) is 0 Å². The lowest BCUT2D eigenvalue weighted by atomic mass is 9.59. The first kappa shape index (κ1) is 16.0. The molecule has 1 aromatic carbocycles. The second kappa shape index (κ2) is 4.79. The van der Waals surface area contributed by atoms with Crippen LogP contribution in [0.25, 0.3) is 0 Å². The molecule has 2 aliphatic rings. The summed E-state index contributed by atoms with van der Waals surface area (Å²) in [5.74, 6) is -1.83. The highest BCUT2D eigenvalue weighted by atomic mass is 19.4. The van der Waals surface area contributed by atoms with Gasteiger partial charge in [0.2, 0.25) is 0 Å². The van der Waals surface area contributed by atoms with Crippen molar-refractivity contribution < 1.29 is 18.0 Å². The maximum absolute atomic E-state index is 12.9. The van der Waals surface area contributed by atoms with Crippen molar-refractivity contribution in [2.45, 2.75) is 44.3 Å². The zero-order valence-corrected chi connectivity index (χ0v) is 13.1. The van der Waals surface area contributed by atoms with E-state index in [0.717, 1.165) is 16.0 Å².